The van der Waals surface area contributed by atoms with Gasteiger partial charge >= 0.3 is 0 Å². The molecule has 0 radical (unpaired) electrons. The number of anilines is 1. The standard InChI is InChI=1S/C18H29N3/c1-4-16-7-5-6-10-21(16)18-17(12-19-15-8-9-15)13(2)11-14(3)20-18/h11,15-16,19H,4-10,12H2,1-3H3. The van der Waals surface area contributed by atoms with Crippen molar-refractivity contribution < 1.29 is 0 Å². The van der Waals surface area contributed by atoms with Crippen LogP contribution in [0.25, 0.3) is 0 Å². The molecule has 1 aromatic heterocycles. The number of nitrogens with zero attached hydrogens (tertiary/aromatic N) is 2. The highest BCUT2D eigenvalue weighted by Gasteiger charge is 2.26. The van der Waals surface area contributed by atoms with E-state index in [1.807, 2.05) is 0 Å². The molecule has 21 heavy (non-hydrogen) atoms. The van der Waals surface area contributed by atoms with Gasteiger partial charge in [0.15, 0.2) is 0 Å². The highest BCUT2D eigenvalue weighted by molar-refractivity contribution is 5.52. The third-order valence-corrected chi connectivity index (χ3v) is 4.97. The van der Waals surface area contributed by atoms with Crippen molar-refractivity contribution >= 4 is 5.82 Å². The van der Waals surface area contributed by atoms with Gasteiger partial charge in [-0.2, -0.15) is 0 Å². The molecule has 1 saturated carbocycles. The molecule has 2 fully saturated rings. The Kier molecular flexibility index (Phi) is 4.48. The van der Waals surface area contributed by atoms with E-state index in [9.17, 15) is 0 Å². The minimum atomic E-state index is 0.673. The van der Waals surface area contributed by atoms with Crippen LogP contribution in [0.2, 0.25) is 0 Å². The van der Waals surface area contributed by atoms with Gasteiger partial charge in [0.2, 0.25) is 0 Å². The second-order valence-electron chi connectivity index (χ2n) is 6.79. The summed E-state index contributed by atoms with van der Waals surface area (Å²) in [4.78, 5) is 7.53. The summed E-state index contributed by atoms with van der Waals surface area (Å²) in [5.74, 6) is 1.26. The molecule has 116 valence electrons. The van der Waals surface area contributed by atoms with Crippen LogP contribution in [0.15, 0.2) is 6.07 Å². The normalized spacial score (nSPS) is 22.6. The molecule has 3 nitrogen and oxygen atoms in total. The van der Waals surface area contributed by atoms with Gasteiger partial charge in [-0.3, -0.25) is 0 Å². The fourth-order valence-electron chi connectivity index (χ4n) is 3.54. The molecule has 3 rings (SSSR count). The van der Waals surface area contributed by atoms with Gasteiger partial charge in [0.1, 0.15) is 5.82 Å². The van der Waals surface area contributed by atoms with Crippen LogP contribution in [-0.2, 0) is 6.54 Å². The van der Waals surface area contributed by atoms with Crippen molar-refractivity contribution in [2.24, 2.45) is 0 Å². The molecule has 1 aliphatic heterocycles. The first-order chi connectivity index (χ1) is 10.2. The van der Waals surface area contributed by atoms with Gasteiger partial charge in [-0.05, 0) is 64.0 Å². The molecule has 1 N–H and O–H groups in total. The summed E-state index contributed by atoms with van der Waals surface area (Å²) < 4.78 is 0. The lowest BCUT2D eigenvalue weighted by Gasteiger charge is -2.38. The van der Waals surface area contributed by atoms with E-state index >= 15 is 0 Å². The predicted octanol–water partition coefficient (Wildman–Crippen LogP) is 3.72. The zero-order valence-electron chi connectivity index (χ0n) is 13.8. The van der Waals surface area contributed by atoms with Crippen molar-refractivity contribution in [3.63, 3.8) is 0 Å². The van der Waals surface area contributed by atoms with E-state index in [4.69, 9.17) is 4.98 Å². The maximum atomic E-state index is 4.94. The van der Waals surface area contributed by atoms with Crippen LogP contribution < -0.4 is 10.2 Å². The topological polar surface area (TPSA) is 28.2 Å². The van der Waals surface area contributed by atoms with E-state index in [1.165, 1.54) is 62.0 Å². The summed E-state index contributed by atoms with van der Waals surface area (Å²) in [6.45, 7) is 8.83. The van der Waals surface area contributed by atoms with Crippen molar-refractivity contribution in [3.8, 4) is 0 Å². The summed E-state index contributed by atoms with van der Waals surface area (Å²) >= 11 is 0. The Bertz CT molecular complexity index is 493. The highest BCUT2D eigenvalue weighted by Crippen LogP contribution is 2.30. The van der Waals surface area contributed by atoms with Gasteiger partial charge in [-0.1, -0.05) is 6.92 Å². The highest BCUT2D eigenvalue weighted by atomic mass is 15.2. The van der Waals surface area contributed by atoms with Crippen LogP contribution in [-0.4, -0.2) is 23.6 Å². The van der Waals surface area contributed by atoms with E-state index in [2.05, 4.69) is 37.1 Å². The Balaban J connectivity index is 1.89. The number of aromatic nitrogens is 1. The molecule has 2 heterocycles. The third-order valence-electron chi connectivity index (χ3n) is 4.97. The van der Waals surface area contributed by atoms with Crippen LogP contribution in [0.4, 0.5) is 5.82 Å². The lowest BCUT2D eigenvalue weighted by molar-refractivity contribution is 0.445. The quantitative estimate of drug-likeness (QED) is 0.894. The summed E-state index contributed by atoms with van der Waals surface area (Å²) in [6, 6.07) is 3.66. The van der Waals surface area contributed by atoms with Crippen LogP contribution in [0.3, 0.4) is 0 Å². The molecular formula is C18H29N3. The Morgan fingerprint density at radius 2 is 2.05 bits per heavy atom. The summed E-state index contributed by atoms with van der Waals surface area (Å²) in [7, 11) is 0. The van der Waals surface area contributed by atoms with Crippen molar-refractivity contribution in [1.82, 2.24) is 10.3 Å². The monoisotopic (exact) mass is 287 g/mol. The Morgan fingerprint density at radius 1 is 1.24 bits per heavy atom. The van der Waals surface area contributed by atoms with Crippen LogP contribution in [0, 0.1) is 13.8 Å². The van der Waals surface area contributed by atoms with Crippen molar-refractivity contribution in [1.29, 1.82) is 0 Å². The fourth-order valence-corrected chi connectivity index (χ4v) is 3.54. The first-order valence-corrected chi connectivity index (χ1v) is 8.66. The second kappa shape index (κ2) is 6.35. The number of nitrogens with one attached hydrogen (secondary N) is 1. The molecule has 1 aliphatic carbocycles. The molecule has 0 spiro atoms. The van der Waals surface area contributed by atoms with E-state index in [0.29, 0.717) is 6.04 Å². The van der Waals surface area contributed by atoms with Gasteiger partial charge in [-0.25, -0.2) is 4.98 Å². The van der Waals surface area contributed by atoms with E-state index in [-0.39, 0.29) is 0 Å². The minimum Gasteiger partial charge on any atom is -0.353 e. The number of hydrogen-bond donors (Lipinski definition) is 1. The second-order valence-corrected chi connectivity index (χ2v) is 6.79. The molecule has 0 aromatic carbocycles. The van der Waals surface area contributed by atoms with Gasteiger partial charge < -0.3 is 10.2 Å². The Hall–Kier alpha value is -1.09. The van der Waals surface area contributed by atoms with E-state index in [1.54, 1.807) is 0 Å². The molecule has 1 aromatic rings. The van der Waals surface area contributed by atoms with Gasteiger partial charge in [0.25, 0.3) is 0 Å². The lowest BCUT2D eigenvalue weighted by Crippen LogP contribution is -2.40. The third kappa shape index (κ3) is 3.39. The average Bonchev–Trinajstić information content (AvgIpc) is 3.30. The number of rotatable bonds is 5. The fraction of sp³-hybridized carbons (Fsp3) is 0.722. The van der Waals surface area contributed by atoms with Gasteiger partial charge in [0, 0.05) is 36.4 Å². The zero-order chi connectivity index (χ0) is 14.8. The lowest BCUT2D eigenvalue weighted by atomic mass is 9.98. The predicted molar refractivity (Wildman–Crippen MR) is 88.8 cm³/mol. The zero-order valence-corrected chi connectivity index (χ0v) is 13.8. The molecule has 1 saturated heterocycles. The van der Waals surface area contributed by atoms with Crippen LogP contribution in [0.5, 0.6) is 0 Å². The van der Waals surface area contributed by atoms with Gasteiger partial charge in [0.05, 0.1) is 0 Å². The molecule has 0 amide bonds. The van der Waals surface area contributed by atoms with Crippen molar-refractivity contribution in [2.75, 3.05) is 11.4 Å². The molecule has 3 heteroatoms. The molecule has 0 bridgehead atoms. The Morgan fingerprint density at radius 3 is 2.76 bits per heavy atom. The first kappa shape index (κ1) is 14.8. The number of hydrogen-bond acceptors (Lipinski definition) is 3. The summed E-state index contributed by atoms with van der Waals surface area (Å²) in [5.41, 5.74) is 3.97. The van der Waals surface area contributed by atoms with Crippen LogP contribution in [0.1, 0.15) is 62.3 Å². The molecular weight excluding hydrogens is 258 g/mol. The summed E-state index contributed by atoms with van der Waals surface area (Å²) in [5, 5.41) is 3.68. The SMILES string of the molecule is CCC1CCCCN1c1nc(C)cc(C)c1CNC1CC1. The first-order valence-electron chi connectivity index (χ1n) is 8.66. The van der Waals surface area contributed by atoms with Crippen molar-refractivity contribution in [3.05, 3.63) is 22.9 Å². The number of piperidine rings is 1. The maximum absolute atomic E-state index is 4.94. The summed E-state index contributed by atoms with van der Waals surface area (Å²) in [6.07, 6.45) is 7.91. The number of aryl methyl sites for hydroxylation is 2. The number of pyridine rings is 1. The van der Waals surface area contributed by atoms with Gasteiger partial charge in [-0.15, -0.1) is 0 Å². The smallest absolute Gasteiger partial charge is 0.133 e. The van der Waals surface area contributed by atoms with Crippen molar-refractivity contribution in [2.45, 2.75) is 77.9 Å². The maximum Gasteiger partial charge on any atom is 0.133 e. The Labute approximate surface area is 129 Å². The van der Waals surface area contributed by atoms with E-state index in [0.717, 1.165) is 18.3 Å². The largest absolute Gasteiger partial charge is 0.353 e. The van der Waals surface area contributed by atoms with Crippen LogP contribution >= 0.6 is 0 Å². The average molecular weight is 287 g/mol. The van der Waals surface area contributed by atoms with E-state index < -0.39 is 0 Å². The molecule has 2 aliphatic rings. The minimum absolute atomic E-state index is 0.673. The molecule has 1 atom stereocenters. The molecule has 1 unspecified atom stereocenters.